The summed E-state index contributed by atoms with van der Waals surface area (Å²) < 4.78 is 0. The predicted molar refractivity (Wildman–Crippen MR) is 239 cm³/mol. The second-order valence-corrected chi connectivity index (χ2v) is 16.9. The van der Waals surface area contributed by atoms with Crippen molar-refractivity contribution >= 4 is 5.57 Å². The molecule has 2 aromatic carbocycles. The summed E-state index contributed by atoms with van der Waals surface area (Å²) >= 11 is 0. The highest BCUT2D eigenvalue weighted by Crippen LogP contribution is 2.56. The van der Waals surface area contributed by atoms with Gasteiger partial charge in [-0.1, -0.05) is 158 Å². The summed E-state index contributed by atoms with van der Waals surface area (Å²) in [7, 11) is 0. The van der Waals surface area contributed by atoms with Crippen LogP contribution in [-0.4, -0.2) is 6.04 Å². The van der Waals surface area contributed by atoms with E-state index in [1.807, 2.05) is 0 Å². The highest BCUT2D eigenvalue weighted by Gasteiger charge is 2.43. The van der Waals surface area contributed by atoms with E-state index in [4.69, 9.17) is 0 Å². The van der Waals surface area contributed by atoms with Gasteiger partial charge in [0.25, 0.3) is 0 Å². The molecule has 56 heavy (non-hydrogen) atoms. The van der Waals surface area contributed by atoms with Crippen molar-refractivity contribution in [3.63, 3.8) is 0 Å². The van der Waals surface area contributed by atoms with Crippen LogP contribution in [0.1, 0.15) is 89.3 Å². The number of hydrogen-bond acceptors (Lipinski definition) is 1. The molecular weight excluding hydrogens is 675 g/mol. The first-order valence-corrected chi connectivity index (χ1v) is 21.1. The van der Waals surface area contributed by atoms with Gasteiger partial charge in [0, 0.05) is 22.7 Å². The Balaban J connectivity index is 1.07. The molecule has 1 aliphatic heterocycles. The minimum absolute atomic E-state index is 0.204. The first-order chi connectivity index (χ1) is 27.4. The Morgan fingerprint density at radius 2 is 1.77 bits per heavy atom. The number of rotatable bonds is 8. The molecule has 9 rings (SSSR count). The Hall–Kier alpha value is -5.40. The Labute approximate surface area is 335 Å². The second-order valence-electron chi connectivity index (χ2n) is 16.9. The van der Waals surface area contributed by atoms with Gasteiger partial charge in [0.2, 0.25) is 0 Å². The number of hydrogen-bond donors (Lipinski definition) is 1. The fourth-order valence-corrected chi connectivity index (χ4v) is 10.1. The van der Waals surface area contributed by atoms with Crippen molar-refractivity contribution in [3.8, 4) is 11.1 Å². The summed E-state index contributed by atoms with van der Waals surface area (Å²) in [6, 6.07) is 16.9. The summed E-state index contributed by atoms with van der Waals surface area (Å²) in [6.07, 6.45) is 49.8. The fourth-order valence-electron chi connectivity index (χ4n) is 10.1. The summed E-state index contributed by atoms with van der Waals surface area (Å²) in [5.41, 5.74) is 20.5. The van der Waals surface area contributed by atoms with E-state index in [1.165, 1.54) is 83.7 Å². The first-order valence-electron chi connectivity index (χ1n) is 21.1. The normalized spacial score (nSPS) is 26.4. The molecule has 2 aromatic rings. The van der Waals surface area contributed by atoms with Crippen molar-refractivity contribution in [1.29, 1.82) is 0 Å². The van der Waals surface area contributed by atoms with Crippen LogP contribution in [-0.2, 0) is 5.41 Å². The van der Waals surface area contributed by atoms with Gasteiger partial charge in [0.05, 0.1) is 0 Å². The maximum atomic E-state index is 3.84. The lowest BCUT2D eigenvalue weighted by Gasteiger charge is -2.36. The van der Waals surface area contributed by atoms with Crippen molar-refractivity contribution in [2.24, 2.45) is 11.8 Å². The molecule has 0 amide bonds. The lowest BCUT2D eigenvalue weighted by atomic mass is 9.67. The quantitative estimate of drug-likeness (QED) is 0.267. The molecule has 0 aromatic heterocycles. The van der Waals surface area contributed by atoms with Gasteiger partial charge in [0.1, 0.15) is 0 Å². The van der Waals surface area contributed by atoms with Gasteiger partial charge in [-0.25, -0.2) is 0 Å². The van der Waals surface area contributed by atoms with E-state index in [0.717, 1.165) is 44.9 Å². The monoisotopic (exact) mass is 729 g/mol. The zero-order chi connectivity index (χ0) is 38.2. The molecule has 6 aliphatic carbocycles. The van der Waals surface area contributed by atoms with Crippen LogP contribution in [0.3, 0.4) is 0 Å². The molecule has 1 nitrogen and oxygen atoms in total. The number of fused-ring (bicyclic) bond motifs is 4. The summed E-state index contributed by atoms with van der Waals surface area (Å²) in [4.78, 5) is 0. The van der Waals surface area contributed by atoms with Crippen molar-refractivity contribution in [1.82, 2.24) is 5.32 Å². The van der Waals surface area contributed by atoms with Crippen LogP contribution >= 0.6 is 0 Å². The third kappa shape index (κ3) is 6.66. The lowest BCUT2D eigenvalue weighted by molar-refractivity contribution is 0.475. The van der Waals surface area contributed by atoms with Crippen molar-refractivity contribution < 1.29 is 0 Å². The van der Waals surface area contributed by atoms with Crippen LogP contribution in [0.5, 0.6) is 0 Å². The minimum Gasteiger partial charge on any atom is -0.378 e. The second kappa shape index (κ2) is 15.3. The topological polar surface area (TPSA) is 12.0 Å². The fraction of sp³-hybridized carbons (Fsp3) is 0.273. The van der Waals surface area contributed by atoms with Gasteiger partial charge in [-0.15, -0.1) is 0 Å². The standard InChI is InChI=1S/C55H55N/c1-5-6-9-16-37(2)31-40-32-44(41-19-12-8-13-20-41)35-45(33-40)55(4)52-22-15-14-21-47(52)51-36-43(26-30-53(51)55)42-24-28-46-48(29-25-42)54-49(27-23-38(3)56-54)50(46)34-39-17-10-7-11-18-39/h5-7,9-10,12,14-17,19-28,30,32,34-38,40,56H,8,11,13,18,29,31,33H2,1-4H3/b6-5-,16-9-,50-34-/t37-,38-,40?,55+/m0/s1. The van der Waals surface area contributed by atoms with Gasteiger partial charge < -0.3 is 5.32 Å². The molecule has 0 bridgehead atoms. The molecule has 1 N–H and O–H groups in total. The van der Waals surface area contributed by atoms with Gasteiger partial charge in [-0.3, -0.25) is 0 Å². The van der Waals surface area contributed by atoms with E-state index < -0.39 is 0 Å². The Morgan fingerprint density at radius 1 is 0.875 bits per heavy atom. The molecule has 1 heteroatoms. The molecule has 4 atom stereocenters. The van der Waals surface area contributed by atoms with Crippen LogP contribution in [0.2, 0.25) is 0 Å². The van der Waals surface area contributed by atoms with Crippen molar-refractivity contribution in [2.45, 2.75) is 84.1 Å². The number of nitrogens with one attached hydrogen (secondary N) is 1. The maximum Gasteiger partial charge on any atom is 0.0466 e. The highest BCUT2D eigenvalue weighted by molar-refractivity contribution is 5.88. The Bertz CT molecular complexity index is 2410. The van der Waals surface area contributed by atoms with E-state index >= 15 is 0 Å². The first kappa shape index (κ1) is 36.3. The average molecular weight is 730 g/mol. The third-order valence-electron chi connectivity index (χ3n) is 13.0. The molecule has 7 aliphatic rings. The smallest absolute Gasteiger partial charge is 0.0466 e. The summed E-state index contributed by atoms with van der Waals surface area (Å²) in [6.45, 7) is 9.21. The van der Waals surface area contributed by atoms with Gasteiger partial charge >= 0.3 is 0 Å². The molecule has 1 heterocycles. The maximum absolute atomic E-state index is 3.84. The van der Waals surface area contributed by atoms with Crippen molar-refractivity contribution in [2.75, 3.05) is 0 Å². The SMILES string of the molecule is C/C=C\C=C/[C@H](C)CC1C=C(C2=CCCC=C2)C=C([C@]2(C)c3ccccc3-c3cc(C4=CCC5=C(C=C4)/C(=C/C4=CC=CCC4)C4=C5N[C@@H](C)C=C4)ccc32)C1. The molecule has 0 saturated carbocycles. The lowest BCUT2D eigenvalue weighted by Crippen LogP contribution is -2.27. The number of benzene rings is 2. The van der Waals surface area contributed by atoms with E-state index in [-0.39, 0.29) is 5.41 Å². The largest absolute Gasteiger partial charge is 0.378 e. The molecule has 0 saturated heterocycles. The predicted octanol–water partition coefficient (Wildman–Crippen LogP) is 13.9. The minimum atomic E-state index is -0.204. The zero-order valence-electron chi connectivity index (χ0n) is 33.6. The zero-order valence-corrected chi connectivity index (χ0v) is 33.6. The number of dihydropyridines is 1. The van der Waals surface area contributed by atoms with E-state index in [0.29, 0.717) is 17.9 Å². The summed E-state index contributed by atoms with van der Waals surface area (Å²) in [5.74, 6) is 0.982. The van der Waals surface area contributed by atoms with Gasteiger partial charge in [-0.05, 0) is 150 Å². The number of allylic oxidation sites excluding steroid dienone is 26. The van der Waals surface area contributed by atoms with E-state index in [2.05, 4.69) is 185 Å². The van der Waals surface area contributed by atoms with Crippen LogP contribution in [0.25, 0.3) is 16.7 Å². The molecule has 280 valence electrons. The van der Waals surface area contributed by atoms with Crippen LogP contribution < -0.4 is 5.32 Å². The molecule has 1 unspecified atom stereocenters. The van der Waals surface area contributed by atoms with Crippen LogP contribution in [0, 0.1) is 11.8 Å². The van der Waals surface area contributed by atoms with Crippen LogP contribution in [0.4, 0.5) is 0 Å². The molecule has 0 fully saturated rings. The third-order valence-corrected chi connectivity index (χ3v) is 13.0. The van der Waals surface area contributed by atoms with E-state index in [9.17, 15) is 0 Å². The van der Waals surface area contributed by atoms with Gasteiger partial charge in [0.15, 0.2) is 0 Å². The molecular formula is C55H55N. The highest BCUT2D eigenvalue weighted by atomic mass is 14.9. The molecule has 0 radical (unpaired) electrons. The molecule has 0 spiro atoms. The van der Waals surface area contributed by atoms with Gasteiger partial charge in [-0.2, -0.15) is 0 Å². The Kier molecular flexibility index (Phi) is 9.88. The van der Waals surface area contributed by atoms with Crippen molar-refractivity contribution in [3.05, 3.63) is 219 Å². The van der Waals surface area contributed by atoms with E-state index in [1.54, 1.807) is 0 Å². The average Bonchev–Trinajstić information content (AvgIpc) is 3.52. The summed E-state index contributed by atoms with van der Waals surface area (Å²) in [5, 5.41) is 3.84. The van der Waals surface area contributed by atoms with Crippen LogP contribution in [0.15, 0.2) is 202 Å². The Morgan fingerprint density at radius 3 is 2.61 bits per heavy atom.